The lowest BCUT2D eigenvalue weighted by Gasteiger charge is -2.45. The standard InChI is InChI=1S/C18H28N2O2/c1-14-13-20(3)15(2)11-18(14,21)9-10-19-12-16-5-7-17(22-4)8-6-16/h5-8,12,14-15,21H,9-11,13H2,1-4H3/t14-,15-,18-/m0/s1. The molecule has 0 saturated carbocycles. The highest BCUT2D eigenvalue weighted by molar-refractivity contribution is 5.79. The van der Waals surface area contributed by atoms with Crippen LogP contribution in [0, 0.1) is 5.92 Å². The second kappa shape index (κ2) is 7.25. The van der Waals surface area contributed by atoms with Crippen LogP contribution in [0.2, 0.25) is 0 Å². The Kier molecular flexibility index (Phi) is 5.59. The molecule has 1 aromatic rings. The summed E-state index contributed by atoms with van der Waals surface area (Å²) in [7, 11) is 3.79. The second-order valence-corrected chi connectivity index (χ2v) is 6.56. The number of methoxy groups -OCH3 is 1. The van der Waals surface area contributed by atoms with Crippen molar-refractivity contribution in [2.45, 2.75) is 38.3 Å². The molecule has 0 bridgehead atoms. The van der Waals surface area contributed by atoms with E-state index < -0.39 is 5.60 Å². The fourth-order valence-corrected chi connectivity index (χ4v) is 3.12. The van der Waals surface area contributed by atoms with E-state index in [1.165, 1.54) is 0 Å². The van der Waals surface area contributed by atoms with Crippen LogP contribution in [-0.4, -0.2) is 55.1 Å². The third-order valence-electron chi connectivity index (χ3n) is 4.91. The van der Waals surface area contributed by atoms with Gasteiger partial charge in [0.05, 0.1) is 12.7 Å². The molecule has 0 unspecified atom stereocenters. The number of rotatable bonds is 5. The van der Waals surface area contributed by atoms with Crippen LogP contribution in [0.3, 0.4) is 0 Å². The van der Waals surface area contributed by atoms with Gasteiger partial charge >= 0.3 is 0 Å². The Balaban J connectivity index is 1.87. The van der Waals surface area contributed by atoms with E-state index in [1.807, 2.05) is 30.5 Å². The van der Waals surface area contributed by atoms with E-state index in [0.717, 1.165) is 30.7 Å². The van der Waals surface area contributed by atoms with E-state index in [4.69, 9.17) is 4.74 Å². The zero-order valence-electron chi connectivity index (χ0n) is 14.1. The normalized spacial score (nSPS) is 29.9. The van der Waals surface area contributed by atoms with Crippen molar-refractivity contribution in [3.63, 3.8) is 0 Å². The van der Waals surface area contributed by atoms with Crippen LogP contribution in [0.4, 0.5) is 0 Å². The van der Waals surface area contributed by atoms with Gasteiger partial charge in [-0.25, -0.2) is 0 Å². The molecule has 1 heterocycles. The van der Waals surface area contributed by atoms with Crippen molar-refractivity contribution < 1.29 is 9.84 Å². The number of likely N-dealkylation sites (tertiary alicyclic amines) is 1. The van der Waals surface area contributed by atoms with Crippen LogP contribution in [0.5, 0.6) is 5.75 Å². The van der Waals surface area contributed by atoms with Gasteiger partial charge in [0.25, 0.3) is 0 Å². The average Bonchev–Trinajstić information content (AvgIpc) is 2.50. The summed E-state index contributed by atoms with van der Waals surface area (Å²) in [6, 6.07) is 8.24. The van der Waals surface area contributed by atoms with Crippen LogP contribution in [0.25, 0.3) is 0 Å². The Morgan fingerprint density at radius 2 is 2.05 bits per heavy atom. The second-order valence-electron chi connectivity index (χ2n) is 6.56. The Hall–Kier alpha value is -1.39. The van der Waals surface area contributed by atoms with Crippen molar-refractivity contribution in [1.82, 2.24) is 4.90 Å². The summed E-state index contributed by atoms with van der Waals surface area (Å²) in [6.07, 6.45) is 3.41. The molecule has 1 fully saturated rings. The molecular weight excluding hydrogens is 276 g/mol. The van der Waals surface area contributed by atoms with Gasteiger partial charge in [-0.3, -0.25) is 4.99 Å². The lowest BCUT2D eigenvalue weighted by atomic mass is 9.77. The summed E-state index contributed by atoms with van der Waals surface area (Å²) in [5.74, 6) is 1.13. The summed E-state index contributed by atoms with van der Waals surface area (Å²) in [4.78, 5) is 6.79. The molecule has 2 rings (SSSR count). The molecule has 3 atom stereocenters. The Bertz CT molecular complexity index is 500. The minimum Gasteiger partial charge on any atom is -0.497 e. The minimum absolute atomic E-state index is 0.282. The molecule has 1 N–H and O–H groups in total. The molecule has 4 nitrogen and oxygen atoms in total. The largest absolute Gasteiger partial charge is 0.497 e. The predicted molar refractivity (Wildman–Crippen MR) is 90.9 cm³/mol. The van der Waals surface area contributed by atoms with Crippen molar-refractivity contribution in [2.24, 2.45) is 10.9 Å². The van der Waals surface area contributed by atoms with Gasteiger partial charge in [-0.05, 0) is 62.6 Å². The highest BCUT2D eigenvalue weighted by atomic mass is 16.5. The molecule has 1 saturated heterocycles. The lowest BCUT2D eigenvalue weighted by Crippen LogP contribution is -2.53. The molecule has 1 aliphatic rings. The third kappa shape index (κ3) is 4.08. The lowest BCUT2D eigenvalue weighted by molar-refractivity contribution is -0.0818. The summed E-state index contributed by atoms with van der Waals surface area (Å²) >= 11 is 0. The van der Waals surface area contributed by atoms with Crippen molar-refractivity contribution >= 4 is 6.21 Å². The Morgan fingerprint density at radius 3 is 2.68 bits per heavy atom. The molecule has 0 aromatic heterocycles. The van der Waals surface area contributed by atoms with E-state index in [2.05, 4.69) is 30.8 Å². The van der Waals surface area contributed by atoms with E-state index in [9.17, 15) is 5.11 Å². The minimum atomic E-state index is -0.594. The number of hydrogen-bond acceptors (Lipinski definition) is 4. The van der Waals surface area contributed by atoms with Gasteiger partial charge in [-0.1, -0.05) is 6.92 Å². The molecule has 0 radical (unpaired) electrons. The maximum Gasteiger partial charge on any atom is 0.118 e. The molecule has 0 amide bonds. The van der Waals surface area contributed by atoms with Gasteiger partial charge in [0.2, 0.25) is 0 Å². The number of hydrogen-bond donors (Lipinski definition) is 1. The van der Waals surface area contributed by atoms with Crippen molar-refractivity contribution in [3.8, 4) is 5.75 Å². The van der Waals surface area contributed by atoms with Crippen molar-refractivity contribution in [3.05, 3.63) is 29.8 Å². The number of nitrogens with zero attached hydrogens (tertiary/aromatic N) is 2. The zero-order chi connectivity index (χ0) is 16.2. The van der Waals surface area contributed by atoms with Crippen molar-refractivity contribution in [1.29, 1.82) is 0 Å². The maximum atomic E-state index is 10.9. The number of benzene rings is 1. The topological polar surface area (TPSA) is 45.1 Å². The Morgan fingerprint density at radius 1 is 1.36 bits per heavy atom. The van der Waals surface area contributed by atoms with Crippen LogP contribution < -0.4 is 4.74 Å². The quantitative estimate of drug-likeness (QED) is 0.851. The highest BCUT2D eigenvalue weighted by Crippen LogP contribution is 2.33. The molecule has 122 valence electrons. The highest BCUT2D eigenvalue weighted by Gasteiger charge is 2.40. The van der Waals surface area contributed by atoms with Gasteiger partial charge < -0.3 is 14.7 Å². The van der Waals surface area contributed by atoms with E-state index in [0.29, 0.717) is 12.6 Å². The summed E-state index contributed by atoms with van der Waals surface area (Å²) in [5.41, 5.74) is 0.459. The fraction of sp³-hybridized carbons (Fsp3) is 0.611. The zero-order valence-corrected chi connectivity index (χ0v) is 14.1. The summed E-state index contributed by atoms with van der Waals surface area (Å²) < 4.78 is 5.14. The maximum absolute atomic E-state index is 10.9. The molecule has 1 aromatic carbocycles. The summed E-state index contributed by atoms with van der Waals surface area (Å²) in [6.45, 7) is 5.91. The molecule has 0 aliphatic carbocycles. The van der Waals surface area contributed by atoms with E-state index in [1.54, 1.807) is 7.11 Å². The first kappa shape index (κ1) is 17.0. The summed E-state index contributed by atoms with van der Waals surface area (Å²) in [5, 5.41) is 10.9. The predicted octanol–water partition coefficient (Wildman–Crippen LogP) is 2.60. The van der Waals surface area contributed by atoms with E-state index in [-0.39, 0.29) is 5.92 Å². The molecule has 0 spiro atoms. The van der Waals surface area contributed by atoms with Gasteiger partial charge in [0, 0.05) is 25.3 Å². The van der Waals surface area contributed by atoms with Gasteiger partial charge in [-0.15, -0.1) is 0 Å². The number of piperidine rings is 1. The smallest absolute Gasteiger partial charge is 0.118 e. The number of ether oxygens (including phenoxy) is 1. The number of aliphatic hydroxyl groups is 1. The first-order chi connectivity index (χ1) is 10.4. The molecular formula is C18H28N2O2. The van der Waals surface area contributed by atoms with Gasteiger partial charge in [0.15, 0.2) is 0 Å². The average molecular weight is 304 g/mol. The van der Waals surface area contributed by atoms with Crippen LogP contribution >= 0.6 is 0 Å². The van der Waals surface area contributed by atoms with Crippen molar-refractivity contribution in [2.75, 3.05) is 27.2 Å². The molecule has 22 heavy (non-hydrogen) atoms. The van der Waals surface area contributed by atoms with Gasteiger partial charge in [0.1, 0.15) is 5.75 Å². The first-order valence-electron chi connectivity index (χ1n) is 8.01. The number of aliphatic imine (C=N–C) groups is 1. The molecule has 4 heteroatoms. The van der Waals surface area contributed by atoms with Crippen LogP contribution in [-0.2, 0) is 0 Å². The third-order valence-corrected chi connectivity index (χ3v) is 4.91. The van der Waals surface area contributed by atoms with Crippen LogP contribution in [0.1, 0.15) is 32.3 Å². The first-order valence-corrected chi connectivity index (χ1v) is 8.01. The van der Waals surface area contributed by atoms with Gasteiger partial charge in [-0.2, -0.15) is 0 Å². The Labute approximate surface area is 133 Å². The molecule has 1 aliphatic heterocycles. The van der Waals surface area contributed by atoms with Crippen LogP contribution in [0.15, 0.2) is 29.3 Å². The fourth-order valence-electron chi connectivity index (χ4n) is 3.12. The van der Waals surface area contributed by atoms with E-state index >= 15 is 0 Å². The SMILES string of the molecule is COc1ccc(C=NCC[C@]2(O)C[C@H](C)N(C)C[C@@H]2C)cc1. The monoisotopic (exact) mass is 304 g/mol.